The summed E-state index contributed by atoms with van der Waals surface area (Å²) in [5.74, 6) is -1.03. The first-order chi connectivity index (χ1) is 15.6. The van der Waals surface area contributed by atoms with E-state index in [9.17, 15) is 9.59 Å². The lowest BCUT2D eigenvalue weighted by atomic mass is 9.82. The SMILES string of the molecule is CCOC(=O)C1(C(=O)OCC)C=C2c3ccccc3-c3ccc4ccccc4c3C[C@@H]2C1. The fourth-order valence-electron chi connectivity index (χ4n) is 5.33. The Morgan fingerprint density at radius 3 is 2.22 bits per heavy atom. The number of ether oxygens (including phenoxy) is 2. The molecule has 2 aliphatic carbocycles. The van der Waals surface area contributed by atoms with E-state index in [1.165, 1.54) is 21.9 Å². The summed E-state index contributed by atoms with van der Waals surface area (Å²) in [4.78, 5) is 26.2. The van der Waals surface area contributed by atoms with E-state index in [4.69, 9.17) is 9.47 Å². The van der Waals surface area contributed by atoms with Crippen molar-refractivity contribution in [2.45, 2.75) is 26.7 Å². The van der Waals surface area contributed by atoms with E-state index in [1.54, 1.807) is 13.8 Å². The minimum absolute atomic E-state index is 0.0111. The van der Waals surface area contributed by atoms with Crippen LogP contribution in [0.3, 0.4) is 0 Å². The van der Waals surface area contributed by atoms with E-state index in [0.29, 0.717) is 6.42 Å². The van der Waals surface area contributed by atoms with Crippen LogP contribution in [0.25, 0.3) is 27.5 Å². The molecule has 3 aromatic rings. The molecule has 0 heterocycles. The predicted octanol–water partition coefficient (Wildman–Crippen LogP) is 5.58. The predicted molar refractivity (Wildman–Crippen MR) is 125 cm³/mol. The van der Waals surface area contributed by atoms with E-state index < -0.39 is 17.4 Å². The highest BCUT2D eigenvalue weighted by atomic mass is 16.6. The Morgan fingerprint density at radius 1 is 0.844 bits per heavy atom. The molecule has 0 saturated carbocycles. The van der Waals surface area contributed by atoms with E-state index in [-0.39, 0.29) is 19.1 Å². The number of carbonyl (C=O) groups excluding carboxylic acids is 2. The lowest BCUT2D eigenvalue weighted by molar-refractivity contribution is -0.168. The zero-order valence-electron chi connectivity index (χ0n) is 18.4. The van der Waals surface area contributed by atoms with Crippen molar-refractivity contribution in [3.63, 3.8) is 0 Å². The van der Waals surface area contributed by atoms with E-state index in [0.717, 1.165) is 23.1 Å². The number of benzene rings is 3. The minimum atomic E-state index is -1.40. The molecule has 0 amide bonds. The first-order valence-corrected chi connectivity index (χ1v) is 11.3. The number of hydrogen-bond acceptors (Lipinski definition) is 4. The Bertz CT molecular complexity index is 1240. The van der Waals surface area contributed by atoms with Gasteiger partial charge in [-0.3, -0.25) is 9.59 Å². The fraction of sp³-hybridized carbons (Fsp3) is 0.286. The van der Waals surface area contributed by atoms with Gasteiger partial charge in [-0.25, -0.2) is 0 Å². The quantitative estimate of drug-likeness (QED) is 0.404. The maximum absolute atomic E-state index is 13.1. The molecule has 0 fully saturated rings. The van der Waals surface area contributed by atoms with Crippen LogP contribution in [0.2, 0.25) is 0 Å². The highest BCUT2D eigenvalue weighted by Gasteiger charge is 2.54. The second kappa shape index (κ2) is 7.94. The van der Waals surface area contributed by atoms with Crippen molar-refractivity contribution in [1.82, 2.24) is 0 Å². The minimum Gasteiger partial charge on any atom is -0.465 e. The van der Waals surface area contributed by atoms with Gasteiger partial charge in [0.25, 0.3) is 0 Å². The van der Waals surface area contributed by atoms with E-state index >= 15 is 0 Å². The van der Waals surface area contributed by atoms with Crippen LogP contribution in [0, 0.1) is 11.3 Å². The highest BCUT2D eigenvalue weighted by molar-refractivity contribution is 6.07. The van der Waals surface area contributed by atoms with Gasteiger partial charge in [-0.1, -0.05) is 66.7 Å². The zero-order valence-corrected chi connectivity index (χ0v) is 18.4. The number of hydrogen-bond donors (Lipinski definition) is 0. The molecule has 1 atom stereocenters. The van der Waals surface area contributed by atoms with Crippen molar-refractivity contribution in [2.24, 2.45) is 11.3 Å². The number of rotatable bonds is 4. The topological polar surface area (TPSA) is 52.6 Å². The van der Waals surface area contributed by atoms with Crippen LogP contribution in [0.15, 0.2) is 66.7 Å². The molecule has 0 saturated heterocycles. The molecule has 0 aromatic heterocycles. The molecule has 0 aliphatic heterocycles. The van der Waals surface area contributed by atoms with Crippen molar-refractivity contribution in [1.29, 1.82) is 0 Å². The average molecular weight is 427 g/mol. The van der Waals surface area contributed by atoms with Gasteiger partial charge in [0.2, 0.25) is 0 Å². The second-order valence-corrected chi connectivity index (χ2v) is 8.48. The maximum atomic E-state index is 13.1. The summed E-state index contributed by atoms with van der Waals surface area (Å²) in [6.45, 7) is 3.96. The van der Waals surface area contributed by atoms with Crippen LogP contribution in [0.4, 0.5) is 0 Å². The van der Waals surface area contributed by atoms with Gasteiger partial charge < -0.3 is 9.47 Å². The van der Waals surface area contributed by atoms with Crippen LogP contribution in [0.1, 0.15) is 31.4 Å². The van der Waals surface area contributed by atoms with E-state index in [2.05, 4.69) is 42.5 Å². The standard InChI is InChI=1S/C28H26O4/c1-3-31-26(29)28(27(30)32-4-2)16-19-15-24-20-10-6-5-9-18(20)13-14-23(24)21-11-7-8-12-22(21)25(19)17-28/h5-14,17,19H,3-4,15-16H2,1-2H3/t19-/m1/s1. The molecule has 0 N–H and O–H groups in total. The summed E-state index contributed by atoms with van der Waals surface area (Å²) in [7, 11) is 0. The molecule has 2 aliphatic rings. The van der Waals surface area contributed by atoms with Gasteiger partial charge in [-0.2, -0.15) is 0 Å². The van der Waals surface area contributed by atoms with Gasteiger partial charge in [0.1, 0.15) is 0 Å². The first-order valence-electron chi connectivity index (χ1n) is 11.3. The summed E-state index contributed by atoms with van der Waals surface area (Å²) >= 11 is 0. The second-order valence-electron chi connectivity index (χ2n) is 8.48. The molecular weight excluding hydrogens is 400 g/mol. The Hall–Kier alpha value is -3.40. The van der Waals surface area contributed by atoms with Gasteiger partial charge in [-0.05, 0) is 71.2 Å². The largest absolute Gasteiger partial charge is 0.465 e. The van der Waals surface area contributed by atoms with Crippen LogP contribution in [-0.2, 0) is 25.5 Å². The van der Waals surface area contributed by atoms with Crippen LogP contribution >= 0.6 is 0 Å². The van der Waals surface area contributed by atoms with Crippen LogP contribution in [-0.4, -0.2) is 25.2 Å². The van der Waals surface area contributed by atoms with Gasteiger partial charge in [-0.15, -0.1) is 0 Å². The highest BCUT2D eigenvalue weighted by Crippen LogP contribution is 2.52. The lowest BCUT2D eigenvalue weighted by Gasteiger charge is -2.24. The Morgan fingerprint density at radius 2 is 1.50 bits per heavy atom. The molecule has 4 heteroatoms. The van der Waals surface area contributed by atoms with Gasteiger partial charge in [0, 0.05) is 0 Å². The smallest absolute Gasteiger partial charge is 0.327 e. The Labute approximate surface area is 187 Å². The summed E-state index contributed by atoms with van der Waals surface area (Å²) in [5.41, 5.74) is 4.30. The molecule has 162 valence electrons. The number of carbonyl (C=O) groups is 2. The lowest BCUT2D eigenvalue weighted by Crippen LogP contribution is -2.39. The average Bonchev–Trinajstić information content (AvgIpc) is 3.14. The third-order valence-electron chi connectivity index (χ3n) is 6.71. The van der Waals surface area contributed by atoms with Crippen molar-refractivity contribution >= 4 is 28.3 Å². The summed E-state index contributed by atoms with van der Waals surface area (Å²) in [5, 5.41) is 2.40. The normalized spacial score (nSPS) is 18.1. The van der Waals surface area contributed by atoms with Gasteiger partial charge >= 0.3 is 11.9 Å². The molecule has 0 spiro atoms. The molecule has 0 bridgehead atoms. The van der Waals surface area contributed by atoms with Crippen molar-refractivity contribution in [3.05, 3.63) is 77.9 Å². The third kappa shape index (κ3) is 3.05. The molecule has 5 rings (SSSR count). The van der Waals surface area contributed by atoms with Crippen LogP contribution < -0.4 is 0 Å². The van der Waals surface area contributed by atoms with Crippen molar-refractivity contribution < 1.29 is 19.1 Å². The summed E-state index contributed by atoms with van der Waals surface area (Å²) in [6, 6.07) is 21.0. The van der Waals surface area contributed by atoms with Gasteiger partial charge in [0.15, 0.2) is 5.41 Å². The fourth-order valence-corrected chi connectivity index (χ4v) is 5.33. The molecule has 3 aromatic carbocycles. The zero-order chi connectivity index (χ0) is 22.3. The number of esters is 2. The monoisotopic (exact) mass is 426 g/mol. The Kier molecular flexibility index (Phi) is 5.09. The molecular formula is C28H26O4. The molecule has 0 radical (unpaired) electrons. The third-order valence-corrected chi connectivity index (χ3v) is 6.71. The summed E-state index contributed by atoms with van der Waals surface area (Å²) in [6.07, 6.45) is 2.94. The summed E-state index contributed by atoms with van der Waals surface area (Å²) < 4.78 is 10.8. The molecule has 32 heavy (non-hydrogen) atoms. The van der Waals surface area contributed by atoms with Gasteiger partial charge in [0.05, 0.1) is 13.2 Å². The van der Waals surface area contributed by atoms with Crippen molar-refractivity contribution in [3.8, 4) is 11.1 Å². The van der Waals surface area contributed by atoms with Crippen LogP contribution in [0.5, 0.6) is 0 Å². The first kappa shape index (κ1) is 20.5. The maximum Gasteiger partial charge on any atom is 0.327 e. The molecule has 4 nitrogen and oxygen atoms in total. The van der Waals surface area contributed by atoms with E-state index in [1.807, 2.05) is 24.3 Å². The van der Waals surface area contributed by atoms with Crippen molar-refractivity contribution in [2.75, 3.05) is 13.2 Å². The Balaban J connectivity index is 1.73. The molecule has 0 unspecified atom stereocenters. The number of allylic oxidation sites excluding steroid dienone is 1. The number of fused-ring (bicyclic) bond motifs is 7.